The van der Waals surface area contributed by atoms with Gasteiger partial charge in [0, 0.05) is 24.2 Å². The average Bonchev–Trinajstić information content (AvgIpc) is 3.33. The second kappa shape index (κ2) is 8.29. The zero-order valence-electron chi connectivity index (χ0n) is 16.4. The van der Waals surface area contributed by atoms with Crippen LogP contribution in [0.25, 0.3) is 5.57 Å². The quantitative estimate of drug-likeness (QED) is 0.657. The summed E-state index contributed by atoms with van der Waals surface area (Å²) in [5.41, 5.74) is 2.15. The van der Waals surface area contributed by atoms with E-state index in [1.54, 1.807) is 42.5 Å². The minimum Gasteiger partial charge on any atom is -0.494 e. The summed E-state index contributed by atoms with van der Waals surface area (Å²) in [5.74, 6) is 0.0500. The molecule has 2 amide bonds. The highest BCUT2D eigenvalue weighted by Gasteiger charge is 2.43. The highest BCUT2D eigenvalue weighted by atomic mass is 35.5. The summed E-state index contributed by atoms with van der Waals surface area (Å²) >= 11 is 6.03. The molecule has 2 aliphatic rings. The molecule has 1 fully saturated rings. The SMILES string of the molecule is CCCOc1cccc(N2C(=O)C(c3ccc(Cl)cc3)=C(N3CCCC3)C2=O)c1. The molecule has 0 atom stereocenters. The lowest BCUT2D eigenvalue weighted by molar-refractivity contribution is -0.120. The van der Waals surface area contributed by atoms with Crippen molar-refractivity contribution in [3.63, 3.8) is 0 Å². The third-order valence-electron chi connectivity index (χ3n) is 5.16. The molecule has 0 aromatic heterocycles. The Hall–Kier alpha value is -2.79. The van der Waals surface area contributed by atoms with Gasteiger partial charge in [-0.05, 0) is 49.1 Å². The molecule has 2 aromatic carbocycles. The number of ether oxygens (including phenoxy) is 1. The van der Waals surface area contributed by atoms with Crippen LogP contribution >= 0.6 is 11.6 Å². The lowest BCUT2D eigenvalue weighted by Gasteiger charge is -2.20. The summed E-state index contributed by atoms with van der Waals surface area (Å²) in [4.78, 5) is 30.1. The maximum atomic E-state index is 13.4. The normalized spacial score (nSPS) is 16.9. The molecule has 4 rings (SSSR count). The van der Waals surface area contributed by atoms with E-state index in [-0.39, 0.29) is 11.8 Å². The van der Waals surface area contributed by atoms with Crippen molar-refractivity contribution in [1.82, 2.24) is 4.90 Å². The van der Waals surface area contributed by atoms with Gasteiger partial charge in [0.15, 0.2) is 0 Å². The third kappa shape index (κ3) is 3.75. The second-order valence-electron chi connectivity index (χ2n) is 7.22. The van der Waals surface area contributed by atoms with Gasteiger partial charge in [-0.2, -0.15) is 0 Å². The average molecular weight is 411 g/mol. The first kappa shape index (κ1) is 19.5. The van der Waals surface area contributed by atoms with E-state index < -0.39 is 0 Å². The number of nitrogens with zero attached hydrogens (tertiary/aromatic N) is 2. The molecule has 0 spiro atoms. The molecule has 29 heavy (non-hydrogen) atoms. The van der Waals surface area contributed by atoms with Crippen molar-refractivity contribution < 1.29 is 14.3 Å². The number of rotatable bonds is 6. The van der Waals surface area contributed by atoms with Crippen LogP contribution in [0.3, 0.4) is 0 Å². The Morgan fingerprint density at radius 3 is 2.41 bits per heavy atom. The highest BCUT2D eigenvalue weighted by Crippen LogP contribution is 2.37. The van der Waals surface area contributed by atoms with Gasteiger partial charge in [0.2, 0.25) is 0 Å². The highest BCUT2D eigenvalue weighted by molar-refractivity contribution is 6.45. The first-order valence-corrected chi connectivity index (χ1v) is 10.3. The molecule has 2 aliphatic heterocycles. The van der Waals surface area contributed by atoms with Crippen LogP contribution in [0.15, 0.2) is 54.2 Å². The molecule has 2 aromatic rings. The fourth-order valence-electron chi connectivity index (χ4n) is 3.80. The zero-order chi connectivity index (χ0) is 20.4. The topological polar surface area (TPSA) is 49.9 Å². The van der Waals surface area contributed by atoms with Crippen LogP contribution in [0.4, 0.5) is 5.69 Å². The van der Waals surface area contributed by atoms with E-state index >= 15 is 0 Å². The molecule has 5 nitrogen and oxygen atoms in total. The number of imide groups is 1. The second-order valence-corrected chi connectivity index (χ2v) is 7.65. The van der Waals surface area contributed by atoms with Gasteiger partial charge < -0.3 is 9.64 Å². The molecule has 0 aliphatic carbocycles. The number of anilines is 1. The van der Waals surface area contributed by atoms with Crippen LogP contribution < -0.4 is 9.64 Å². The van der Waals surface area contributed by atoms with E-state index in [2.05, 4.69) is 0 Å². The number of likely N-dealkylation sites (tertiary alicyclic amines) is 1. The maximum absolute atomic E-state index is 13.4. The molecule has 0 N–H and O–H groups in total. The van der Waals surface area contributed by atoms with Gasteiger partial charge in [-0.1, -0.05) is 36.7 Å². The molecule has 0 unspecified atom stereocenters. The standard InChI is InChI=1S/C23H23ClN2O3/c1-2-14-29-19-7-5-6-18(15-19)26-22(27)20(16-8-10-17(24)11-9-16)21(23(26)28)25-12-3-4-13-25/h5-11,15H,2-4,12-14H2,1H3. The Labute approximate surface area is 175 Å². The first-order chi connectivity index (χ1) is 14.1. The number of hydrogen-bond acceptors (Lipinski definition) is 4. The van der Waals surface area contributed by atoms with E-state index in [4.69, 9.17) is 16.3 Å². The van der Waals surface area contributed by atoms with Gasteiger partial charge in [-0.15, -0.1) is 0 Å². The zero-order valence-corrected chi connectivity index (χ0v) is 17.1. The molecule has 1 saturated heterocycles. The van der Waals surface area contributed by atoms with Crippen molar-refractivity contribution in [1.29, 1.82) is 0 Å². The lowest BCUT2D eigenvalue weighted by atomic mass is 10.0. The number of amides is 2. The molecule has 0 radical (unpaired) electrons. The molecule has 6 heteroatoms. The summed E-state index contributed by atoms with van der Waals surface area (Å²) in [6.45, 7) is 4.17. The molecule has 150 valence electrons. The van der Waals surface area contributed by atoms with Crippen molar-refractivity contribution >= 4 is 34.7 Å². The minimum atomic E-state index is -0.313. The van der Waals surface area contributed by atoms with Crippen LogP contribution in [0.2, 0.25) is 5.02 Å². The predicted octanol–water partition coefficient (Wildman–Crippen LogP) is 4.51. The first-order valence-electron chi connectivity index (χ1n) is 9.97. The number of benzene rings is 2. The van der Waals surface area contributed by atoms with Crippen molar-refractivity contribution in [3.8, 4) is 5.75 Å². The molecule has 0 saturated carbocycles. The van der Waals surface area contributed by atoms with E-state index in [0.29, 0.717) is 39.9 Å². The van der Waals surface area contributed by atoms with Crippen molar-refractivity contribution in [2.24, 2.45) is 0 Å². The molecule has 0 bridgehead atoms. The summed E-state index contributed by atoms with van der Waals surface area (Å²) in [7, 11) is 0. The number of halogens is 1. The summed E-state index contributed by atoms with van der Waals surface area (Å²) < 4.78 is 5.69. The predicted molar refractivity (Wildman–Crippen MR) is 114 cm³/mol. The van der Waals surface area contributed by atoms with Gasteiger partial charge in [0.05, 0.1) is 17.9 Å². The van der Waals surface area contributed by atoms with Crippen LogP contribution in [0, 0.1) is 0 Å². The van der Waals surface area contributed by atoms with Crippen molar-refractivity contribution in [3.05, 3.63) is 64.8 Å². The van der Waals surface area contributed by atoms with Gasteiger partial charge in [-0.3, -0.25) is 9.59 Å². The van der Waals surface area contributed by atoms with Gasteiger partial charge in [0.25, 0.3) is 11.8 Å². The van der Waals surface area contributed by atoms with E-state index in [0.717, 1.165) is 32.4 Å². The minimum absolute atomic E-state index is 0.283. The summed E-state index contributed by atoms with van der Waals surface area (Å²) in [5, 5.41) is 0.589. The van der Waals surface area contributed by atoms with Crippen LogP contribution in [-0.2, 0) is 9.59 Å². The Morgan fingerprint density at radius 2 is 1.72 bits per heavy atom. The van der Waals surface area contributed by atoms with Crippen LogP contribution in [-0.4, -0.2) is 36.4 Å². The number of hydrogen-bond donors (Lipinski definition) is 0. The van der Waals surface area contributed by atoms with Gasteiger partial charge in [0.1, 0.15) is 11.4 Å². The Bertz CT molecular complexity index is 962. The Morgan fingerprint density at radius 1 is 1.00 bits per heavy atom. The Kier molecular flexibility index (Phi) is 5.58. The Balaban J connectivity index is 1.75. The van der Waals surface area contributed by atoms with Gasteiger partial charge in [-0.25, -0.2) is 4.90 Å². The number of carbonyl (C=O) groups excluding carboxylic acids is 2. The molecular formula is C23H23ClN2O3. The summed E-state index contributed by atoms with van der Waals surface area (Å²) in [6, 6.07) is 14.2. The third-order valence-corrected chi connectivity index (χ3v) is 5.42. The lowest BCUT2D eigenvalue weighted by Crippen LogP contribution is -2.34. The van der Waals surface area contributed by atoms with E-state index in [1.165, 1.54) is 4.90 Å². The number of carbonyl (C=O) groups is 2. The molecule has 2 heterocycles. The largest absolute Gasteiger partial charge is 0.494 e. The monoisotopic (exact) mass is 410 g/mol. The summed E-state index contributed by atoms with van der Waals surface area (Å²) in [6.07, 6.45) is 2.91. The van der Waals surface area contributed by atoms with Crippen molar-refractivity contribution in [2.45, 2.75) is 26.2 Å². The smallest absolute Gasteiger partial charge is 0.282 e. The van der Waals surface area contributed by atoms with Crippen LogP contribution in [0.5, 0.6) is 5.75 Å². The molecular weight excluding hydrogens is 388 g/mol. The van der Waals surface area contributed by atoms with Crippen LogP contribution in [0.1, 0.15) is 31.7 Å². The van der Waals surface area contributed by atoms with E-state index in [9.17, 15) is 9.59 Å². The van der Waals surface area contributed by atoms with Crippen molar-refractivity contribution in [2.75, 3.05) is 24.6 Å². The fraction of sp³-hybridized carbons (Fsp3) is 0.304. The van der Waals surface area contributed by atoms with E-state index in [1.807, 2.05) is 17.9 Å². The fourth-order valence-corrected chi connectivity index (χ4v) is 3.92. The maximum Gasteiger partial charge on any atom is 0.282 e. The van der Waals surface area contributed by atoms with Gasteiger partial charge >= 0.3 is 0 Å².